The van der Waals surface area contributed by atoms with Gasteiger partial charge in [-0.3, -0.25) is 4.79 Å². The van der Waals surface area contributed by atoms with Crippen molar-refractivity contribution in [2.75, 3.05) is 26.0 Å². The third-order valence-electron chi connectivity index (χ3n) is 5.81. The number of aryl methyl sites for hydroxylation is 2. The fourth-order valence-corrected chi connectivity index (χ4v) is 3.82. The van der Waals surface area contributed by atoms with E-state index in [-0.39, 0.29) is 35.3 Å². The van der Waals surface area contributed by atoms with Crippen LogP contribution in [-0.4, -0.2) is 42.5 Å². The molecule has 1 fully saturated rings. The van der Waals surface area contributed by atoms with Crippen molar-refractivity contribution in [1.29, 1.82) is 0 Å². The summed E-state index contributed by atoms with van der Waals surface area (Å²) in [4.78, 5) is 25.5. The van der Waals surface area contributed by atoms with E-state index in [0.29, 0.717) is 29.7 Å². The summed E-state index contributed by atoms with van der Waals surface area (Å²) in [6.07, 6.45) is 1.38. The van der Waals surface area contributed by atoms with Crippen LogP contribution in [0.2, 0.25) is 0 Å². The summed E-state index contributed by atoms with van der Waals surface area (Å²) >= 11 is 0. The molecule has 3 rings (SSSR count). The number of anilines is 1. The Hall–Kier alpha value is -2.73. The van der Waals surface area contributed by atoms with Crippen LogP contribution in [0.4, 0.5) is 10.1 Å². The van der Waals surface area contributed by atoms with E-state index in [1.54, 1.807) is 13.8 Å². The number of carbonyl (C=O) groups is 2. The van der Waals surface area contributed by atoms with Crippen LogP contribution < -0.4 is 5.32 Å². The Kier molecular flexibility index (Phi) is 5.75. The van der Waals surface area contributed by atoms with Crippen LogP contribution in [0.15, 0.2) is 42.5 Å². The highest BCUT2D eigenvalue weighted by Gasteiger charge is 2.63. The van der Waals surface area contributed by atoms with E-state index in [1.165, 1.54) is 12.1 Å². The summed E-state index contributed by atoms with van der Waals surface area (Å²) in [5.41, 5.74) is 2.24. The molecule has 0 atom stereocenters. The molecule has 1 aliphatic rings. The van der Waals surface area contributed by atoms with Crippen LogP contribution >= 0.6 is 0 Å². The minimum atomic E-state index is -0.682. The minimum Gasteiger partial charge on any atom is -0.457 e. The number of nitrogens with zero attached hydrogens (tertiary/aromatic N) is 1. The molecule has 0 radical (unpaired) electrons. The summed E-state index contributed by atoms with van der Waals surface area (Å²) < 4.78 is 19.2. The number of hydrogen-bond acceptors (Lipinski definition) is 3. The Morgan fingerprint density at radius 1 is 1.10 bits per heavy atom. The number of esters is 1. The fraction of sp³-hybridized carbons (Fsp3) is 0.391. The van der Waals surface area contributed by atoms with Crippen molar-refractivity contribution in [2.24, 2.45) is 0 Å². The SMILES string of the molecule is Cc1cc(F)cc(C)c1NC(=O)C1([N+](C)(C)CC(=O)OCc2ccccc2)CC1. The molecule has 0 heterocycles. The number of ether oxygens (including phenoxy) is 1. The van der Waals surface area contributed by atoms with Gasteiger partial charge in [-0.25, -0.2) is 9.18 Å². The van der Waals surface area contributed by atoms with Gasteiger partial charge in [-0.15, -0.1) is 0 Å². The Balaban J connectivity index is 1.66. The molecule has 1 aliphatic carbocycles. The first-order valence-corrected chi connectivity index (χ1v) is 9.75. The van der Waals surface area contributed by atoms with Gasteiger partial charge in [-0.05, 0) is 42.7 Å². The first kappa shape index (κ1) is 21.0. The van der Waals surface area contributed by atoms with Crippen LogP contribution in [0.3, 0.4) is 0 Å². The third-order valence-corrected chi connectivity index (χ3v) is 5.81. The summed E-state index contributed by atoms with van der Waals surface area (Å²) in [5.74, 6) is -0.806. The number of carbonyl (C=O) groups excluding carboxylic acids is 2. The van der Waals surface area contributed by atoms with Gasteiger partial charge in [0.25, 0.3) is 5.91 Å². The lowest BCUT2D eigenvalue weighted by Crippen LogP contribution is -2.59. The van der Waals surface area contributed by atoms with Crippen molar-refractivity contribution < 1.29 is 23.2 Å². The number of quaternary nitrogens is 1. The molecule has 29 heavy (non-hydrogen) atoms. The van der Waals surface area contributed by atoms with Crippen molar-refractivity contribution in [3.63, 3.8) is 0 Å². The lowest BCUT2D eigenvalue weighted by atomic mass is 10.1. The highest BCUT2D eigenvalue weighted by atomic mass is 19.1. The highest BCUT2D eigenvalue weighted by molar-refractivity contribution is 6.00. The molecule has 1 saturated carbocycles. The Morgan fingerprint density at radius 3 is 2.24 bits per heavy atom. The van der Waals surface area contributed by atoms with Crippen molar-refractivity contribution in [3.05, 3.63) is 65.0 Å². The molecular formula is C23H28FN2O3+. The van der Waals surface area contributed by atoms with E-state index >= 15 is 0 Å². The highest BCUT2D eigenvalue weighted by Crippen LogP contribution is 2.46. The van der Waals surface area contributed by atoms with Gasteiger partial charge in [-0.2, -0.15) is 0 Å². The smallest absolute Gasteiger partial charge is 0.362 e. The molecule has 0 spiro atoms. The number of benzene rings is 2. The van der Waals surface area contributed by atoms with Gasteiger partial charge in [0.15, 0.2) is 12.1 Å². The van der Waals surface area contributed by atoms with Gasteiger partial charge in [0, 0.05) is 18.5 Å². The van der Waals surface area contributed by atoms with Crippen LogP contribution in [0.5, 0.6) is 0 Å². The predicted octanol–water partition coefficient (Wildman–Crippen LogP) is 3.73. The van der Waals surface area contributed by atoms with Gasteiger partial charge >= 0.3 is 5.97 Å². The standard InChI is InChI=1S/C23H27FN2O3/c1-16-12-19(24)13-17(2)21(16)25-22(28)23(10-11-23)26(3,4)14-20(27)29-15-18-8-6-5-7-9-18/h5-9,12-13H,10-11,14-15H2,1-4H3/p+1. The molecule has 0 unspecified atom stereocenters. The number of halogens is 1. The number of likely N-dealkylation sites (N-methyl/N-ethyl adjacent to an activating group) is 1. The Bertz CT molecular complexity index is 898. The van der Waals surface area contributed by atoms with E-state index in [4.69, 9.17) is 4.74 Å². The third kappa shape index (κ3) is 4.48. The van der Waals surface area contributed by atoms with Crippen LogP contribution in [0, 0.1) is 19.7 Å². The summed E-state index contributed by atoms with van der Waals surface area (Å²) in [6, 6.07) is 12.3. The largest absolute Gasteiger partial charge is 0.457 e. The molecule has 2 aromatic rings. The summed E-state index contributed by atoms with van der Waals surface area (Å²) in [7, 11) is 3.75. The molecular weight excluding hydrogens is 371 g/mol. The number of hydrogen-bond donors (Lipinski definition) is 1. The lowest BCUT2D eigenvalue weighted by molar-refractivity contribution is -0.909. The van der Waals surface area contributed by atoms with Gasteiger partial charge in [0.05, 0.1) is 14.1 Å². The molecule has 5 nitrogen and oxygen atoms in total. The molecule has 1 amide bonds. The first-order valence-electron chi connectivity index (χ1n) is 9.75. The number of nitrogens with one attached hydrogen (secondary N) is 1. The number of amides is 1. The minimum absolute atomic E-state index is 0.0988. The van der Waals surface area contributed by atoms with Gasteiger partial charge in [-0.1, -0.05) is 30.3 Å². The van der Waals surface area contributed by atoms with Crippen molar-refractivity contribution in [2.45, 2.75) is 38.8 Å². The van der Waals surface area contributed by atoms with E-state index < -0.39 is 5.54 Å². The zero-order chi connectivity index (χ0) is 21.2. The molecule has 0 aliphatic heterocycles. The van der Waals surface area contributed by atoms with E-state index in [9.17, 15) is 14.0 Å². The van der Waals surface area contributed by atoms with Crippen molar-refractivity contribution in [1.82, 2.24) is 0 Å². The molecule has 154 valence electrons. The zero-order valence-corrected chi connectivity index (χ0v) is 17.4. The monoisotopic (exact) mass is 399 g/mol. The van der Waals surface area contributed by atoms with Gasteiger partial charge in [0.2, 0.25) is 0 Å². The molecule has 6 heteroatoms. The predicted molar refractivity (Wildman–Crippen MR) is 110 cm³/mol. The molecule has 0 saturated heterocycles. The van der Waals surface area contributed by atoms with Crippen LogP contribution in [0.25, 0.3) is 0 Å². The van der Waals surface area contributed by atoms with Crippen LogP contribution in [-0.2, 0) is 20.9 Å². The van der Waals surface area contributed by atoms with E-state index in [0.717, 1.165) is 5.56 Å². The zero-order valence-electron chi connectivity index (χ0n) is 17.4. The second-order valence-corrected chi connectivity index (χ2v) is 8.39. The Labute approximate surface area is 171 Å². The second kappa shape index (κ2) is 7.95. The Morgan fingerprint density at radius 2 is 1.69 bits per heavy atom. The van der Waals surface area contributed by atoms with Crippen LogP contribution in [0.1, 0.15) is 29.5 Å². The maximum Gasteiger partial charge on any atom is 0.362 e. The first-order chi connectivity index (χ1) is 13.6. The van der Waals surface area contributed by atoms with Crippen molar-refractivity contribution >= 4 is 17.6 Å². The van der Waals surface area contributed by atoms with Gasteiger partial charge < -0.3 is 14.5 Å². The topological polar surface area (TPSA) is 55.4 Å². The quantitative estimate of drug-likeness (QED) is 0.570. The molecule has 2 aromatic carbocycles. The summed E-state index contributed by atoms with van der Waals surface area (Å²) in [5, 5.41) is 2.97. The summed E-state index contributed by atoms with van der Waals surface area (Å²) in [6.45, 7) is 3.85. The lowest BCUT2D eigenvalue weighted by Gasteiger charge is -2.36. The van der Waals surface area contributed by atoms with E-state index in [1.807, 2.05) is 44.4 Å². The maximum absolute atomic E-state index is 13.6. The maximum atomic E-state index is 13.6. The normalized spacial score (nSPS) is 14.9. The average molecular weight is 399 g/mol. The molecule has 0 aromatic heterocycles. The fourth-order valence-electron chi connectivity index (χ4n) is 3.82. The average Bonchev–Trinajstić information content (AvgIpc) is 3.46. The number of rotatable bonds is 7. The molecule has 0 bridgehead atoms. The van der Waals surface area contributed by atoms with Crippen molar-refractivity contribution in [3.8, 4) is 0 Å². The molecule has 1 N–H and O–H groups in total. The van der Waals surface area contributed by atoms with Gasteiger partial charge in [0.1, 0.15) is 12.4 Å². The van der Waals surface area contributed by atoms with E-state index in [2.05, 4.69) is 5.32 Å². The second-order valence-electron chi connectivity index (χ2n) is 8.39.